The molecule has 0 aliphatic rings. The predicted molar refractivity (Wildman–Crippen MR) is 174 cm³/mol. The van der Waals surface area contributed by atoms with E-state index in [4.69, 9.17) is 9.47 Å². The van der Waals surface area contributed by atoms with Crippen LogP contribution < -0.4 is 0 Å². The third-order valence-corrected chi connectivity index (χ3v) is 7.94. The molecule has 0 amide bonds. The second-order valence-electron chi connectivity index (χ2n) is 11.6. The highest BCUT2D eigenvalue weighted by atomic mass is 19.4. The molecule has 0 aliphatic heterocycles. The van der Waals surface area contributed by atoms with Gasteiger partial charge in [-0.05, 0) is 65.8 Å². The van der Waals surface area contributed by atoms with E-state index in [1.165, 1.54) is 44.2 Å². The van der Waals surface area contributed by atoms with Crippen LogP contribution >= 0.6 is 0 Å². The summed E-state index contributed by atoms with van der Waals surface area (Å²) in [4.78, 5) is 25.7. The van der Waals surface area contributed by atoms with Gasteiger partial charge in [0.05, 0.1) is 17.7 Å². The molecule has 4 nitrogen and oxygen atoms in total. The molecule has 0 spiro atoms. The summed E-state index contributed by atoms with van der Waals surface area (Å²) < 4.78 is 51.2. The Kier molecular flexibility index (Phi) is 15.2. The van der Waals surface area contributed by atoms with Gasteiger partial charge in [-0.3, -0.25) is 0 Å². The summed E-state index contributed by atoms with van der Waals surface area (Å²) in [6.45, 7) is 4.54. The molecule has 0 bridgehead atoms. The van der Waals surface area contributed by atoms with Gasteiger partial charge in [0.15, 0.2) is 6.10 Å². The summed E-state index contributed by atoms with van der Waals surface area (Å²) in [5.74, 6) is -1.42. The Morgan fingerprint density at radius 1 is 0.622 bits per heavy atom. The second kappa shape index (κ2) is 19.0. The number of hydrogen-bond donors (Lipinski definition) is 0. The molecule has 244 valence electrons. The van der Waals surface area contributed by atoms with Crippen LogP contribution in [-0.4, -0.2) is 30.8 Å². The summed E-state index contributed by atoms with van der Waals surface area (Å²) >= 11 is 0. The molecule has 0 radical (unpaired) electrons. The van der Waals surface area contributed by atoms with E-state index in [0.29, 0.717) is 30.6 Å². The van der Waals surface area contributed by atoms with Gasteiger partial charge in [0, 0.05) is 0 Å². The van der Waals surface area contributed by atoms with E-state index in [9.17, 15) is 22.8 Å². The first-order chi connectivity index (χ1) is 21.7. The zero-order chi connectivity index (χ0) is 32.5. The number of esters is 2. The lowest BCUT2D eigenvalue weighted by Crippen LogP contribution is -2.33. The highest BCUT2D eigenvalue weighted by Gasteiger charge is 2.42. The van der Waals surface area contributed by atoms with Gasteiger partial charge >= 0.3 is 18.1 Å². The number of benzene rings is 3. The number of carbonyl (C=O) groups is 2. The summed E-state index contributed by atoms with van der Waals surface area (Å²) in [5, 5.41) is 0. The Labute approximate surface area is 266 Å². The van der Waals surface area contributed by atoms with Gasteiger partial charge in [0.2, 0.25) is 0 Å². The molecule has 0 N–H and O–H groups in total. The Morgan fingerprint density at radius 3 is 1.80 bits per heavy atom. The van der Waals surface area contributed by atoms with E-state index < -0.39 is 24.2 Å². The van der Waals surface area contributed by atoms with Crippen molar-refractivity contribution in [1.29, 1.82) is 0 Å². The molecule has 0 fully saturated rings. The van der Waals surface area contributed by atoms with Crippen LogP contribution in [0.5, 0.6) is 0 Å². The quantitative estimate of drug-likeness (QED) is 0.0983. The van der Waals surface area contributed by atoms with Crippen LogP contribution in [0.3, 0.4) is 0 Å². The van der Waals surface area contributed by atoms with Crippen molar-refractivity contribution < 1.29 is 32.2 Å². The second-order valence-corrected chi connectivity index (χ2v) is 11.6. The molecule has 0 aliphatic carbocycles. The fraction of sp³-hybridized carbons (Fsp3) is 0.474. The van der Waals surface area contributed by atoms with Gasteiger partial charge in [-0.1, -0.05) is 127 Å². The minimum atomic E-state index is -4.63. The molecule has 7 heteroatoms. The average molecular weight is 625 g/mol. The normalized spacial score (nSPS) is 12.1. The maximum absolute atomic E-state index is 13.6. The maximum Gasteiger partial charge on any atom is 0.425 e. The maximum atomic E-state index is 13.6. The summed E-state index contributed by atoms with van der Waals surface area (Å²) in [6, 6.07) is 21.3. The third kappa shape index (κ3) is 12.0. The smallest absolute Gasteiger partial charge is 0.425 e. The van der Waals surface area contributed by atoms with E-state index in [1.54, 1.807) is 24.3 Å². The molecule has 0 saturated carbocycles. The van der Waals surface area contributed by atoms with Crippen molar-refractivity contribution >= 4 is 11.9 Å². The highest BCUT2D eigenvalue weighted by molar-refractivity contribution is 5.95. The Balaban J connectivity index is 1.71. The van der Waals surface area contributed by atoms with Gasteiger partial charge < -0.3 is 9.47 Å². The lowest BCUT2D eigenvalue weighted by atomic mass is 9.92. The summed E-state index contributed by atoms with van der Waals surface area (Å²) in [7, 11) is 0. The molecule has 0 unspecified atom stereocenters. The van der Waals surface area contributed by atoms with Crippen molar-refractivity contribution in [1.82, 2.24) is 0 Å². The van der Waals surface area contributed by atoms with E-state index in [2.05, 4.69) is 6.92 Å². The van der Waals surface area contributed by atoms with Crippen molar-refractivity contribution in [3.8, 4) is 22.3 Å². The van der Waals surface area contributed by atoms with Crippen LogP contribution in [0.2, 0.25) is 0 Å². The van der Waals surface area contributed by atoms with E-state index in [0.717, 1.165) is 48.8 Å². The molecule has 3 aromatic rings. The van der Waals surface area contributed by atoms with Crippen LogP contribution in [-0.2, 0) is 9.47 Å². The van der Waals surface area contributed by atoms with Gasteiger partial charge in [0.25, 0.3) is 0 Å². The van der Waals surface area contributed by atoms with Crippen molar-refractivity contribution in [2.75, 3.05) is 6.61 Å². The van der Waals surface area contributed by atoms with E-state index in [1.807, 2.05) is 43.3 Å². The zero-order valence-corrected chi connectivity index (χ0v) is 26.7. The Morgan fingerprint density at radius 2 is 1.18 bits per heavy atom. The monoisotopic (exact) mass is 624 g/mol. The average Bonchev–Trinajstić information content (AvgIpc) is 3.05. The topological polar surface area (TPSA) is 52.6 Å². The number of rotatable bonds is 19. The first kappa shape index (κ1) is 35.9. The van der Waals surface area contributed by atoms with Gasteiger partial charge in [-0.2, -0.15) is 13.2 Å². The van der Waals surface area contributed by atoms with Crippen LogP contribution in [0.4, 0.5) is 13.2 Å². The molecule has 0 aromatic heterocycles. The fourth-order valence-corrected chi connectivity index (χ4v) is 5.29. The molecule has 0 saturated heterocycles. The lowest BCUT2D eigenvalue weighted by molar-refractivity contribution is -0.206. The van der Waals surface area contributed by atoms with Gasteiger partial charge in [0.1, 0.15) is 0 Å². The summed E-state index contributed by atoms with van der Waals surface area (Å²) in [5.41, 5.74) is 3.69. The van der Waals surface area contributed by atoms with Crippen molar-refractivity contribution in [2.45, 2.75) is 110 Å². The summed E-state index contributed by atoms with van der Waals surface area (Å²) in [6.07, 6.45) is 4.93. The molecule has 3 rings (SSSR count). The zero-order valence-electron chi connectivity index (χ0n) is 26.7. The van der Waals surface area contributed by atoms with Crippen LogP contribution in [0.15, 0.2) is 72.8 Å². The molecule has 1 atom stereocenters. The first-order valence-electron chi connectivity index (χ1n) is 16.5. The fourth-order valence-electron chi connectivity index (χ4n) is 5.29. The molecule has 45 heavy (non-hydrogen) atoms. The van der Waals surface area contributed by atoms with Gasteiger partial charge in [-0.15, -0.1) is 0 Å². The number of unbranched alkanes of at least 4 members (excludes halogenated alkanes) is 10. The molecule has 3 aromatic carbocycles. The largest absolute Gasteiger partial charge is 0.462 e. The van der Waals surface area contributed by atoms with Crippen LogP contribution in [0, 0.1) is 0 Å². The van der Waals surface area contributed by atoms with Crippen molar-refractivity contribution in [2.24, 2.45) is 0 Å². The Bertz CT molecular complexity index is 1300. The highest BCUT2D eigenvalue weighted by Crippen LogP contribution is 2.34. The standard InChI is InChI=1S/C38H47F3O4/c1-3-5-7-9-10-11-12-17-27-44-36(42)32-25-26-33(29-18-14-13-15-19-29)34(28-32)30-21-23-31(24-22-30)37(43)45-35(38(39,40)41)20-16-8-6-4-2/h13-15,18-19,21-26,28,35H,3-12,16-17,20,27H2,1-2H3/t35-/m1/s1. The van der Waals surface area contributed by atoms with Crippen molar-refractivity contribution in [3.05, 3.63) is 83.9 Å². The molecular formula is C38H47F3O4. The minimum Gasteiger partial charge on any atom is -0.462 e. The van der Waals surface area contributed by atoms with E-state index in [-0.39, 0.29) is 12.0 Å². The first-order valence-corrected chi connectivity index (χ1v) is 16.5. The number of ether oxygens (including phenoxy) is 2. The Hall–Kier alpha value is -3.61. The predicted octanol–water partition coefficient (Wildman–Crippen LogP) is 11.4. The number of alkyl halides is 3. The van der Waals surface area contributed by atoms with Crippen molar-refractivity contribution in [3.63, 3.8) is 0 Å². The molecular weight excluding hydrogens is 577 g/mol. The molecule has 0 heterocycles. The lowest BCUT2D eigenvalue weighted by Gasteiger charge is -2.21. The number of halogens is 3. The third-order valence-electron chi connectivity index (χ3n) is 7.94. The SMILES string of the molecule is CCCCCCCCCCOC(=O)c1ccc(-c2ccccc2)c(-c2ccc(C(=O)O[C@H](CCCCCC)C(F)(F)F)cc2)c1. The number of hydrogen-bond acceptors (Lipinski definition) is 4. The number of carbonyl (C=O) groups excluding carboxylic acids is 2. The van der Waals surface area contributed by atoms with Gasteiger partial charge in [-0.25, -0.2) is 9.59 Å². The van der Waals surface area contributed by atoms with Crippen LogP contribution in [0.25, 0.3) is 22.3 Å². The minimum absolute atomic E-state index is 0.0312. The van der Waals surface area contributed by atoms with Crippen LogP contribution in [0.1, 0.15) is 118 Å². The van der Waals surface area contributed by atoms with E-state index >= 15 is 0 Å².